The van der Waals surface area contributed by atoms with E-state index >= 15 is 0 Å². The van der Waals surface area contributed by atoms with Crippen LogP contribution in [0.15, 0.2) is 0 Å². The highest BCUT2D eigenvalue weighted by molar-refractivity contribution is 7.89. The number of fused-ring (bicyclic) bond motifs is 2. The maximum Gasteiger partial charge on any atom is 0.407 e. The van der Waals surface area contributed by atoms with Gasteiger partial charge in [0.05, 0.1) is 5.25 Å². The zero-order valence-corrected chi connectivity index (χ0v) is 11.4. The average Bonchev–Trinajstić information content (AvgIpc) is 2.48. The molecule has 3 atom stereocenters. The molecule has 0 radical (unpaired) electrons. The molecular formula is C11H19N3O4S. The monoisotopic (exact) mass is 289 g/mol. The van der Waals surface area contributed by atoms with Crippen molar-refractivity contribution in [3.63, 3.8) is 0 Å². The van der Waals surface area contributed by atoms with Crippen LogP contribution in [0.4, 0.5) is 4.79 Å². The molecule has 19 heavy (non-hydrogen) atoms. The van der Waals surface area contributed by atoms with Crippen molar-refractivity contribution in [1.29, 1.82) is 0 Å². The van der Waals surface area contributed by atoms with Gasteiger partial charge >= 0.3 is 6.09 Å². The minimum absolute atomic E-state index is 0.253. The molecule has 0 spiro atoms. The number of nitrogens with two attached hydrogens (primary N) is 1. The Morgan fingerprint density at radius 2 is 1.63 bits per heavy atom. The van der Waals surface area contributed by atoms with Gasteiger partial charge in [-0.3, -0.25) is 4.90 Å². The number of carboxylic acid groups (broad SMARTS) is 1. The van der Waals surface area contributed by atoms with Gasteiger partial charge < -0.3 is 10.0 Å². The Balaban J connectivity index is 1.66. The van der Waals surface area contributed by atoms with Crippen molar-refractivity contribution in [2.75, 3.05) is 13.1 Å². The normalized spacial score (nSPS) is 36.3. The van der Waals surface area contributed by atoms with Gasteiger partial charge in [0.25, 0.3) is 0 Å². The Morgan fingerprint density at radius 1 is 1.11 bits per heavy atom. The number of nitrogens with zero attached hydrogens (tertiary/aromatic N) is 2. The number of amides is 1. The fraction of sp³-hybridized carbons (Fsp3) is 0.909. The number of sulfonamides is 1. The van der Waals surface area contributed by atoms with Crippen molar-refractivity contribution >= 4 is 16.1 Å². The summed E-state index contributed by atoms with van der Waals surface area (Å²) < 4.78 is 23.0. The van der Waals surface area contributed by atoms with E-state index in [0.717, 1.165) is 12.8 Å². The first-order valence-electron chi connectivity index (χ1n) is 6.63. The molecule has 3 saturated heterocycles. The third-order valence-corrected chi connectivity index (χ3v) is 6.08. The Kier molecular flexibility index (Phi) is 2.99. The molecule has 3 heterocycles. The van der Waals surface area contributed by atoms with Crippen molar-refractivity contribution in [3.05, 3.63) is 0 Å². The van der Waals surface area contributed by atoms with Crippen LogP contribution in [0.1, 0.15) is 25.7 Å². The first-order valence-corrected chi connectivity index (χ1v) is 8.24. The minimum Gasteiger partial charge on any atom is -0.465 e. The quantitative estimate of drug-likeness (QED) is 0.722. The Hall–Kier alpha value is -0.860. The third-order valence-electron chi connectivity index (χ3n) is 4.77. The molecule has 3 fully saturated rings. The molecule has 8 heteroatoms. The van der Waals surface area contributed by atoms with E-state index in [0.29, 0.717) is 25.9 Å². The second-order valence-corrected chi connectivity index (χ2v) is 7.70. The summed E-state index contributed by atoms with van der Waals surface area (Å²) in [4.78, 5) is 14.5. The van der Waals surface area contributed by atoms with Crippen LogP contribution in [-0.4, -0.2) is 65.9 Å². The molecule has 3 aliphatic rings. The summed E-state index contributed by atoms with van der Waals surface area (Å²) in [7, 11) is -3.44. The van der Waals surface area contributed by atoms with E-state index in [9.17, 15) is 13.2 Å². The third kappa shape index (κ3) is 2.21. The molecule has 108 valence electrons. The minimum atomic E-state index is -3.44. The number of rotatable bonds is 2. The van der Waals surface area contributed by atoms with E-state index in [1.165, 1.54) is 4.90 Å². The largest absolute Gasteiger partial charge is 0.465 e. The van der Waals surface area contributed by atoms with Gasteiger partial charge in [0.1, 0.15) is 0 Å². The lowest BCUT2D eigenvalue weighted by atomic mass is 9.96. The Labute approximate surface area is 112 Å². The van der Waals surface area contributed by atoms with Crippen LogP contribution in [0.2, 0.25) is 0 Å². The number of likely N-dealkylation sites (tertiary alicyclic amines) is 1. The Bertz CT molecular complexity index is 474. The lowest BCUT2D eigenvalue weighted by molar-refractivity contribution is -0.00434. The van der Waals surface area contributed by atoms with Gasteiger partial charge in [0, 0.05) is 31.2 Å². The molecular weight excluding hydrogens is 270 g/mol. The summed E-state index contributed by atoms with van der Waals surface area (Å²) in [6.07, 6.45) is 2.32. The van der Waals surface area contributed by atoms with Crippen LogP contribution in [0.25, 0.3) is 0 Å². The highest BCUT2D eigenvalue weighted by Crippen LogP contribution is 2.40. The molecule has 0 saturated carbocycles. The van der Waals surface area contributed by atoms with Gasteiger partial charge in [-0.2, -0.15) is 0 Å². The molecule has 1 amide bonds. The lowest BCUT2D eigenvalue weighted by Gasteiger charge is -2.49. The predicted octanol–water partition coefficient (Wildman–Crippen LogP) is -0.367. The van der Waals surface area contributed by atoms with Crippen molar-refractivity contribution in [2.24, 2.45) is 5.14 Å². The summed E-state index contributed by atoms with van der Waals surface area (Å²) in [5, 5.41) is 13.7. The van der Waals surface area contributed by atoms with E-state index in [1.54, 1.807) is 0 Å². The van der Waals surface area contributed by atoms with Gasteiger partial charge in [-0.25, -0.2) is 18.4 Å². The number of piperidine rings is 1. The smallest absolute Gasteiger partial charge is 0.407 e. The van der Waals surface area contributed by atoms with Crippen molar-refractivity contribution < 1.29 is 18.3 Å². The lowest BCUT2D eigenvalue weighted by Crippen LogP contribution is -2.65. The topological polar surface area (TPSA) is 104 Å². The van der Waals surface area contributed by atoms with Crippen molar-refractivity contribution in [1.82, 2.24) is 9.80 Å². The molecule has 0 aromatic heterocycles. The highest BCUT2D eigenvalue weighted by atomic mass is 32.2. The molecule has 2 bridgehead atoms. The van der Waals surface area contributed by atoms with Crippen LogP contribution in [0.5, 0.6) is 0 Å². The fourth-order valence-electron chi connectivity index (χ4n) is 3.83. The summed E-state index contributed by atoms with van der Waals surface area (Å²) in [5.74, 6) is 0. The van der Waals surface area contributed by atoms with Gasteiger partial charge in [0.2, 0.25) is 10.0 Å². The van der Waals surface area contributed by atoms with E-state index in [-0.39, 0.29) is 18.1 Å². The van der Waals surface area contributed by atoms with E-state index in [2.05, 4.69) is 4.90 Å². The van der Waals surface area contributed by atoms with Crippen LogP contribution in [0.3, 0.4) is 0 Å². The van der Waals surface area contributed by atoms with E-state index in [1.807, 2.05) is 0 Å². The standard InChI is InChI=1S/C11H19N3O4S/c12-19(17,18)10-3-7-1-2-8(4-10)14(7)9-5-13(6-9)11(15)16/h7-10H,1-6H2,(H,15,16)(H2,12,17,18)/t7-,8+,10?. The van der Waals surface area contributed by atoms with Crippen molar-refractivity contribution in [3.8, 4) is 0 Å². The molecule has 1 unspecified atom stereocenters. The van der Waals surface area contributed by atoms with Gasteiger partial charge in [-0.05, 0) is 25.7 Å². The molecule has 0 aliphatic carbocycles. The molecule has 7 nitrogen and oxygen atoms in total. The summed E-state index contributed by atoms with van der Waals surface area (Å²) in [6, 6.07) is 0.765. The zero-order chi connectivity index (χ0) is 13.8. The van der Waals surface area contributed by atoms with Gasteiger partial charge in [-0.15, -0.1) is 0 Å². The van der Waals surface area contributed by atoms with Crippen molar-refractivity contribution in [2.45, 2.75) is 49.1 Å². The zero-order valence-electron chi connectivity index (χ0n) is 10.6. The summed E-state index contributed by atoms with van der Waals surface area (Å²) in [6.45, 7) is 1.09. The number of carbonyl (C=O) groups is 1. The fourth-order valence-corrected chi connectivity index (χ4v) is 4.81. The van der Waals surface area contributed by atoms with Crippen LogP contribution in [-0.2, 0) is 10.0 Å². The van der Waals surface area contributed by atoms with Crippen LogP contribution < -0.4 is 5.14 Å². The molecule has 0 aromatic carbocycles. The molecule has 3 rings (SSSR count). The maximum atomic E-state index is 11.5. The Morgan fingerprint density at radius 3 is 2.05 bits per heavy atom. The average molecular weight is 289 g/mol. The van der Waals surface area contributed by atoms with Crippen LogP contribution >= 0.6 is 0 Å². The van der Waals surface area contributed by atoms with E-state index < -0.39 is 21.4 Å². The highest BCUT2D eigenvalue weighted by Gasteiger charge is 2.49. The number of hydrogen-bond donors (Lipinski definition) is 2. The maximum absolute atomic E-state index is 11.5. The second-order valence-electron chi connectivity index (χ2n) is 5.86. The molecule has 3 N–H and O–H groups in total. The number of hydrogen-bond acceptors (Lipinski definition) is 4. The number of primary sulfonamides is 1. The van der Waals surface area contributed by atoms with Gasteiger partial charge in [0.15, 0.2) is 0 Å². The van der Waals surface area contributed by atoms with Gasteiger partial charge in [-0.1, -0.05) is 0 Å². The SMILES string of the molecule is NS(=O)(=O)C1C[C@H]2CC[C@@H](C1)N2C1CN(C(=O)O)C1. The molecule has 3 aliphatic heterocycles. The van der Waals surface area contributed by atoms with Crippen LogP contribution in [0, 0.1) is 0 Å². The first kappa shape index (κ1) is 13.1. The predicted molar refractivity (Wildman–Crippen MR) is 68.2 cm³/mol. The first-order chi connectivity index (χ1) is 8.86. The molecule has 0 aromatic rings. The summed E-state index contributed by atoms with van der Waals surface area (Å²) in [5.41, 5.74) is 0. The summed E-state index contributed by atoms with van der Waals surface area (Å²) >= 11 is 0. The second kappa shape index (κ2) is 4.32. The van der Waals surface area contributed by atoms with E-state index in [4.69, 9.17) is 10.2 Å².